The van der Waals surface area contributed by atoms with Gasteiger partial charge in [-0.05, 0) is 0 Å². The van der Waals surface area contributed by atoms with Gasteiger partial charge in [-0.2, -0.15) is 0 Å². The molecule has 0 heterocycles. The van der Waals surface area contributed by atoms with Crippen molar-refractivity contribution in [3.63, 3.8) is 0 Å². The molecular weight excluding hydrogens is 202 g/mol. The van der Waals surface area contributed by atoms with Crippen LogP contribution >= 0.6 is 8.34 Å². The van der Waals surface area contributed by atoms with E-state index in [1.54, 1.807) is 0 Å². The van der Waals surface area contributed by atoms with Gasteiger partial charge in [0, 0.05) is 0 Å². The SMILES string of the molecule is [As][B-]P[B-][As]. The van der Waals surface area contributed by atoms with E-state index in [9.17, 15) is 0 Å². The van der Waals surface area contributed by atoms with Gasteiger partial charge in [0.2, 0.25) is 0 Å². The molecule has 5 heavy (non-hydrogen) atoms. The van der Waals surface area contributed by atoms with Gasteiger partial charge in [-0.15, -0.1) is 0 Å². The Hall–Kier alpha value is 1.68. The number of hydrogen-bond donors (Lipinski definition) is 0. The summed E-state index contributed by atoms with van der Waals surface area (Å²) in [6.07, 6.45) is 0. The average molecular weight is 203 g/mol. The Bertz CT molecular complexity index is 15.1. The fourth-order valence-electron chi connectivity index (χ4n) is 0.0333. The van der Waals surface area contributed by atoms with Crippen LogP contribution in [-0.4, -0.2) is 44.7 Å². The van der Waals surface area contributed by atoms with Crippen molar-refractivity contribution >= 4 is 53.1 Å². The van der Waals surface area contributed by atoms with Gasteiger partial charge >= 0.3 is 53.1 Å². The molecule has 0 nitrogen and oxygen atoms in total. The van der Waals surface area contributed by atoms with E-state index < -0.39 is 0 Å². The Balaban J connectivity index is 2.19. The topological polar surface area (TPSA) is 0 Å². The molecule has 0 saturated carbocycles. The van der Waals surface area contributed by atoms with Crippen LogP contribution in [0.4, 0.5) is 0 Å². The molecule has 0 aromatic carbocycles. The van der Waals surface area contributed by atoms with E-state index in [1.807, 2.05) is 0 Å². The molecule has 0 aliphatic heterocycles. The molecule has 0 aromatic heterocycles. The van der Waals surface area contributed by atoms with E-state index in [0.29, 0.717) is 0 Å². The molecule has 24 valence electrons. The van der Waals surface area contributed by atoms with E-state index in [2.05, 4.69) is 44.7 Å². The number of rotatable bonds is 2. The molecular formula is HAs2B2P-2. The third-order valence-corrected chi connectivity index (χ3v) is 2.32. The molecule has 5 heteroatoms. The fourth-order valence-corrected chi connectivity index (χ4v) is 2.70. The summed E-state index contributed by atoms with van der Waals surface area (Å²) in [6.45, 7) is 0. The van der Waals surface area contributed by atoms with Gasteiger partial charge in [0.1, 0.15) is 0 Å². The molecule has 0 bridgehead atoms. The van der Waals surface area contributed by atoms with Crippen molar-refractivity contribution in [3.8, 4) is 0 Å². The predicted molar refractivity (Wildman–Crippen MR) is 31.3 cm³/mol. The predicted octanol–water partition coefficient (Wildman–Crippen LogP) is -0.930. The maximum atomic E-state index is 2.42. The third-order valence-electron chi connectivity index (χ3n) is 0.149. The first-order chi connectivity index (χ1) is 2.41. The van der Waals surface area contributed by atoms with Crippen LogP contribution in [-0.2, 0) is 0 Å². The van der Waals surface area contributed by atoms with Crippen molar-refractivity contribution in [1.29, 1.82) is 0 Å². The quantitative estimate of drug-likeness (QED) is 0.402. The zero-order valence-corrected chi connectivity index (χ0v) is 7.30. The Kier molecular flexibility index (Phi) is 7.58. The van der Waals surface area contributed by atoms with Gasteiger partial charge in [-0.25, -0.2) is 0 Å². The summed E-state index contributed by atoms with van der Waals surface area (Å²) >= 11 is 4.85. The molecule has 0 spiro atoms. The van der Waals surface area contributed by atoms with E-state index in [0.717, 1.165) is 8.34 Å². The summed E-state index contributed by atoms with van der Waals surface area (Å²) in [6, 6.07) is 0. The first-order valence-electron chi connectivity index (χ1n) is 1.09. The molecule has 0 saturated heterocycles. The number of hydrogen-bond acceptors (Lipinski definition) is 0. The normalized spacial score (nSPS) is 8.40. The Morgan fingerprint density at radius 1 is 1.20 bits per heavy atom. The Morgan fingerprint density at radius 3 is 1.60 bits per heavy atom. The second-order valence-corrected chi connectivity index (χ2v) is 4.52. The first-order valence-corrected chi connectivity index (χ1v) is 4.42. The average Bonchev–Trinajstić information content (AvgIpc) is 1.41. The second-order valence-electron chi connectivity index (χ2n) is 0.425. The molecule has 0 N–H and O–H groups in total. The summed E-state index contributed by atoms with van der Waals surface area (Å²) in [5.74, 6) is 0. The van der Waals surface area contributed by atoms with Gasteiger partial charge in [0.15, 0.2) is 0 Å². The first kappa shape index (κ1) is 6.68. The molecule has 0 rings (SSSR count). The molecule has 8 radical (unpaired) electrons. The summed E-state index contributed by atoms with van der Waals surface area (Å²) in [4.78, 5) is 0. The monoisotopic (exact) mass is 204 g/mol. The summed E-state index contributed by atoms with van der Waals surface area (Å²) < 4.78 is 0. The van der Waals surface area contributed by atoms with Crippen LogP contribution in [0.2, 0.25) is 0 Å². The van der Waals surface area contributed by atoms with E-state index in [4.69, 9.17) is 0 Å². The van der Waals surface area contributed by atoms with Crippen molar-refractivity contribution < 1.29 is 0 Å². The molecule has 0 amide bonds. The van der Waals surface area contributed by atoms with Crippen molar-refractivity contribution in [2.24, 2.45) is 0 Å². The van der Waals surface area contributed by atoms with E-state index >= 15 is 0 Å². The van der Waals surface area contributed by atoms with Crippen LogP contribution in [0, 0.1) is 0 Å². The van der Waals surface area contributed by atoms with Gasteiger partial charge in [-0.1, -0.05) is 0 Å². The molecule has 0 unspecified atom stereocenters. The van der Waals surface area contributed by atoms with Crippen molar-refractivity contribution in [1.82, 2.24) is 0 Å². The molecule has 0 aromatic rings. The molecule has 0 fully saturated rings. The van der Waals surface area contributed by atoms with Crippen LogP contribution in [0.3, 0.4) is 0 Å². The van der Waals surface area contributed by atoms with Gasteiger partial charge in [-0.3, -0.25) is 0 Å². The minimum atomic E-state index is 0.892. The second kappa shape index (κ2) is 5.68. The van der Waals surface area contributed by atoms with Gasteiger partial charge in [0.25, 0.3) is 0 Å². The Labute approximate surface area is 53.1 Å². The van der Waals surface area contributed by atoms with Crippen molar-refractivity contribution in [3.05, 3.63) is 0 Å². The summed E-state index contributed by atoms with van der Waals surface area (Å²) in [5, 5.41) is 0. The van der Waals surface area contributed by atoms with Crippen LogP contribution in [0.5, 0.6) is 0 Å². The van der Waals surface area contributed by atoms with Crippen molar-refractivity contribution in [2.75, 3.05) is 0 Å². The van der Waals surface area contributed by atoms with E-state index in [-0.39, 0.29) is 0 Å². The zero-order chi connectivity index (χ0) is 4.12. The van der Waals surface area contributed by atoms with Crippen molar-refractivity contribution in [2.45, 2.75) is 0 Å². The molecule has 0 aliphatic carbocycles. The Morgan fingerprint density at radius 2 is 1.60 bits per heavy atom. The van der Waals surface area contributed by atoms with Gasteiger partial charge in [0.05, 0.1) is 0 Å². The van der Waals surface area contributed by atoms with E-state index in [1.165, 1.54) is 0 Å². The summed E-state index contributed by atoms with van der Waals surface area (Å²) in [7, 11) is 0.892. The zero-order valence-electron chi connectivity index (χ0n) is 2.55. The molecule has 0 aliphatic rings. The third kappa shape index (κ3) is 5.68. The molecule has 0 atom stereocenters. The van der Waals surface area contributed by atoms with Crippen LogP contribution in [0.25, 0.3) is 0 Å². The summed E-state index contributed by atoms with van der Waals surface area (Å²) in [5.41, 5.74) is 4.15. The van der Waals surface area contributed by atoms with Gasteiger partial charge < -0.3 is 0 Å². The standard InChI is InChI=1S/As2B2HP/c1-3-5-4-2/h5H/q-2. The fraction of sp³-hybridized carbons (Fsp3) is 0. The van der Waals surface area contributed by atoms with Crippen LogP contribution in [0.15, 0.2) is 0 Å². The van der Waals surface area contributed by atoms with Crippen LogP contribution in [0.1, 0.15) is 0 Å². The maximum absolute atomic E-state index is 2.42. The van der Waals surface area contributed by atoms with Crippen LogP contribution < -0.4 is 0 Å². The minimum absolute atomic E-state index is 0.892.